The van der Waals surface area contributed by atoms with E-state index in [1.807, 2.05) is 31.2 Å². The highest BCUT2D eigenvalue weighted by molar-refractivity contribution is 8.03. The number of carbonyl (C=O) groups excluding carboxylic acids is 2. The second-order valence-corrected chi connectivity index (χ2v) is 8.19. The molecule has 3 rings (SSSR count). The van der Waals surface area contributed by atoms with Crippen LogP contribution in [0.2, 0.25) is 0 Å². The summed E-state index contributed by atoms with van der Waals surface area (Å²) in [5.74, 6) is -0.973. The zero-order valence-electron chi connectivity index (χ0n) is 18.5. The molecule has 0 radical (unpaired) electrons. The Hall–Kier alpha value is -3.70. The number of esters is 1. The number of nitrogens with zero attached hydrogens (tertiary/aromatic N) is 1. The second-order valence-electron chi connectivity index (χ2n) is 7.20. The highest BCUT2D eigenvalue weighted by atomic mass is 32.2. The molecule has 2 N–H and O–H groups in total. The van der Waals surface area contributed by atoms with Gasteiger partial charge in [-0.05, 0) is 37.1 Å². The van der Waals surface area contributed by atoms with Crippen LogP contribution < -0.4 is 10.6 Å². The fourth-order valence-electron chi connectivity index (χ4n) is 3.52. The summed E-state index contributed by atoms with van der Waals surface area (Å²) in [7, 11) is 0. The van der Waals surface area contributed by atoms with Gasteiger partial charge >= 0.3 is 5.97 Å². The van der Waals surface area contributed by atoms with E-state index in [0.717, 1.165) is 17.7 Å². The molecule has 33 heavy (non-hydrogen) atoms. The Kier molecular flexibility index (Phi) is 8.17. The van der Waals surface area contributed by atoms with Crippen LogP contribution in [0.15, 0.2) is 81.6 Å². The van der Waals surface area contributed by atoms with Crippen molar-refractivity contribution in [2.24, 2.45) is 0 Å². The number of rotatable bonds is 9. The van der Waals surface area contributed by atoms with Gasteiger partial charge in [0.05, 0.1) is 40.2 Å². The highest BCUT2D eigenvalue weighted by Gasteiger charge is 2.37. The summed E-state index contributed by atoms with van der Waals surface area (Å²) >= 11 is 1.20. The third-order valence-electron chi connectivity index (χ3n) is 5.05. The summed E-state index contributed by atoms with van der Waals surface area (Å²) in [6.07, 6.45) is 3.76. The van der Waals surface area contributed by atoms with Crippen molar-refractivity contribution in [3.8, 4) is 6.07 Å². The Morgan fingerprint density at radius 1 is 1.33 bits per heavy atom. The predicted molar refractivity (Wildman–Crippen MR) is 128 cm³/mol. The van der Waals surface area contributed by atoms with Gasteiger partial charge in [-0.2, -0.15) is 5.26 Å². The molecule has 7 nitrogen and oxygen atoms in total. The molecule has 2 heterocycles. The summed E-state index contributed by atoms with van der Waals surface area (Å²) in [6, 6.07) is 13.2. The molecule has 2 aromatic rings. The van der Waals surface area contributed by atoms with Gasteiger partial charge in [0.15, 0.2) is 0 Å². The lowest BCUT2D eigenvalue weighted by Crippen LogP contribution is -2.29. The van der Waals surface area contributed by atoms with E-state index in [9.17, 15) is 14.9 Å². The third kappa shape index (κ3) is 5.57. The zero-order valence-corrected chi connectivity index (χ0v) is 19.3. The fourth-order valence-corrected chi connectivity index (χ4v) is 4.42. The van der Waals surface area contributed by atoms with Gasteiger partial charge in [0.2, 0.25) is 5.91 Å². The number of anilines is 1. The van der Waals surface area contributed by atoms with Crippen LogP contribution >= 0.6 is 11.8 Å². The first-order valence-corrected chi connectivity index (χ1v) is 11.4. The van der Waals surface area contributed by atoms with E-state index in [0.29, 0.717) is 16.5 Å². The number of hydrogen-bond donors (Lipinski definition) is 2. The number of para-hydroxylation sites is 1. The van der Waals surface area contributed by atoms with Crippen LogP contribution in [-0.2, 0) is 20.7 Å². The molecule has 0 saturated carbocycles. The Labute approximate surface area is 197 Å². The molecule has 1 amide bonds. The monoisotopic (exact) mass is 463 g/mol. The molecular weight excluding hydrogens is 438 g/mol. The zero-order chi connectivity index (χ0) is 23.8. The minimum absolute atomic E-state index is 0.0487. The van der Waals surface area contributed by atoms with Gasteiger partial charge in [0.1, 0.15) is 12.4 Å². The Morgan fingerprint density at radius 2 is 2.12 bits per heavy atom. The van der Waals surface area contributed by atoms with Crippen LogP contribution in [0.3, 0.4) is 0 Å². The summed E-state index contributed by atoms with van der Waals surface area (Å²) in [4.78, 5) is 25.4. The molecule has 0 unspecified atom stereocenters. The first-order chi connectivity index (χ1) is 16.0. The van der Waals surface area contributed by atoms with Crippen molar-refractivity contribution in [1.82, 2.24) is 5.32 Å². The number of carbonyl (C=O) groups is 2. The molecule has 1 aliphatic heterocycles. The van der Waals surface area contributed by atoms with Crippen molar-refractivity contribution in [2.75, 3.05) is 17.7 Å². The highest BCUT2D eigenvalue weighted by Crippen LogP contribution is 2.41. The van der Waals surface area contributed by atoms with Gasteiger partial charge in [-0.25, -0.2) is 4.79 Å². The van der Waals surface area contributed by atoms with Crippen LogP contribution in [0.4, 0.5) is 5.69 Å². The van der Waals surface area contributed by atoms with Crippen molar-refractivity contribution < 1.29 is 18.7 Å². The molecule has 1 aromatic carbocycles. The lowest BCUT2D eigenvalue weighted by atomic mass is 9.86. The van der Waals surface area contributed by atoms with E-state index in [2.05, 4.69) is 23.3 Å². The van der Waals surface area contributed by atoms with Crippen LogP contribution in [0, 0.1) is 11.3 Å². The summed E-state index contributed by atoms with van der Waals surface area (Å²) < 4.78 is 10.8. The molecule has 1 aliphatic rings. The van der Waals surface area contributed by atoms with Crippen LogP contribution in [-0.4, -0.2) is 24.2 Å². The number of amides is 1. The van der Waals surface area contributed by atoms with Crippen LogP contribution in [0.25, 0.3) is 0 Å². The van der Waals surface area contributed by atoms with E-state index in [1.165, 1.54) is 24.1 Å². The van der Waals surface area contributed by atoms with Crippen LogP contribution in [0.5, 0.6) is 0 Å². The Balaban J connectivity index is 1.84. The van der Waals surface area contributed by atoms with Gasteiger partial charge in [-0.3, -0.25) is 4.79 Å². The van der Waals surface area contributed by atoms with E-state index in [-0.39, 0.29) is 29.4 Å². The maximum Gasteiger partial charge on any atom is 0.337 e. The number of benzene rings is 1. The molecule has 0 bridgehead atoms. The molecule has 1 atom stereocenters. The molecular formula is C25H25N3O4S. The topological polar surface area (TPSA) is 104 Å². The molecule has 170 valence electrons. The number of aryl methyl sites for hydroxylation is 1. The molecule has 0 aliphatic carbocycles. The Morgan fingerprint density at radius 3 is 2.79 bits per heavy atom. The average molecular weight is 464 g/mol. The van der Waals surface area contributed by atoms with Gasteiger partial charge in [-0.15, -0.1) is 0 Å². The standard InChI is InChI=1S/C25H25N3O4S/c1-4-12-32-25(30)22-16(3)27-24(18(14-26)23(22)20-11-8-13-31-20)33-15-21(29)28-19-10-7-6-9-17(19)5-2/h4,6-11,13,23,27H,1,5,12,15H2,2-3H3,(H,28,29)/t23-/m0/s1. The third-order valence-corrected chi connectivity index (χ3v) is 6.06. The second kappa shape index (κ2) is 11.2. The van der Waals surface area contributed by atoms with Crippen molar-refractivity contribution >= 4 is 29.3 Å². The molecule has 1 aromatic heterocycles. The first kappa shape index (κ1) is 24.0. The normalized spacial score (nSPS) is 15.5. The van der Waals surface area contributed by atoms with E-state index >= 15 is 0 Å². The average Bonchev–Trinajstić information content (AvgIpc) is 3.35. The molecule has 0 spiro atoms. The smallest absolute Gasteiger partial charge is 0.337 e. The maximum atomic E-state index is 12.8. The van der Waals surface area contributed by atoms with Gasteiger partial charge < -0.3 is 19.8 Å². The van der Waals surface area contributed by atoms with Crippen molar-refractivity contribution in [3.05, 3.63) is 88.5 Å². The number of allylic oxidation sites excluding steroid dienone is 2. The number of hydrogen-bond acceptors (Lipinski definition) is 7. The van der Waals surface area contributed by atoms with Crippen molar-refractivity contribution in [2.45, 2.75) is 26.2 Å². The van der Waals surface area contributed by atoms with Crippen LogP contribution in [0.1, 0.15) is 31.1 Å². The van der Waals surface area contributed by atoms with Gasteiger partial charge in [0, 0.05) is 11.4 Å². The van der Waals surface area contributed by atoms with Crippen molar-refractivity contribution in [1.29, 1.82) is 5.26 Å². The molecule has 8 heteroatoms. The minimum Gasteiger partial charge on any atom is -0.468 e. The number of ether oxygens (including phenoxy) is 1. The number of furan rings is 1. The number of dihydropyridines is 1. The number of thioether (sulfide) groups is 1. The molecule has 0 fully saturated rings. The van der Waals surface area contributed by atoms with Gasteiger partial charge in [-0.1, -0.05) is 49.5 Å². The van der Waals surface area contributed by atoms with E-state index in [1.54, 1.807) is 19.1 Å². The number of nitriles is 1. The fraction of sp³-hybridized carbons (Fsp3) is 0.240. The largest absolute Gasteiger partial charge is 0.468 e. The first-order valence-electron chi connectivity index (χ1n) is 10.4. The van der Waals surface area contributed by atoms with E-state index in [4.69, 9.17) is 9.15 Å². The van der Waals surface area contributed by atoms with Gasteiger partial charge in [0.25, 0.3) is 0 Å². The SMILES string of the molecule is C=CCOC(=O)C1=C(C)NC(SCC(=O)Nc2ccccc2CC)=C(C#N)[C@H]1c1ccco1. The number of nitrogens with one attached hydrogen (secondary N) is 2. The maximum absolute atomic E-state index is 12.8. The van der Waals surface area contributed by atoms with E-state index < -0.39 is 11.9 Å². The summed E-state index contributed by atoms with van der Waals surface area (Å²) in [5, 5.41) is 16.5. The summed E-state index contributed by atoms with van der Waals surface area (Å²) in [5.41, 5.74) is 2.92. The van der Waals surface area contributed by atoms with Crippen molar-refractivity contribution in [3.63, 3.8) is 0 Å². The lowest BCUT2D eigenvalue weighted by molar-refractivity contribution is -0.138. The lowest BCUT2D eigenvalue weighted by Gasteiger charge is -2.27. The predicted octanol–water partition coefficient (Wildman–Crippen LogP) is 4.64. The molecule has 0 saturated heterocycles. The Bertz CT molecular complexity index is 1140. The minimum atomic E-state index is -0.741. The quantitative estimate of drug-likeness (QED) is 0.412. The summed E-state index contributed by atoms with van der Waals surface area (Å²) in [6.45, 7) is 7.36.